The highest BCUT2D eigenvalue weighted by molar-refractivity contribution is 9.10. The molecule has 1 aliphatic rings. The number of aryl methyl sites for hydroxylation is 1. The SMILES string of the molecule is Cc1cc(N2CCN(C(=O)c3ccco3)CC2)ccc1Br. The van der Waals surface area contributed by atoms with Gasteiger partial charge in [0.25, 0.3) is 5.91 Å². The van der Waals surface area contributed by atoms with Crippen molar-refractivity contribution in [2.45, 2.75) is 6.92 Å². The van der Waals surface area contributed by atoms with Crippen molar-refractivity contribution in [1.29, 1.82) is 0 Å². The Balaban J connectivity index is 1.65. The Morgan fingerprint density at radius 3 is 2.57 bits per heavy atom. The van der Waals surface area contributed by atoms with Crippen molar-refractivity contribution in [3.05, 3.63) is 52.4 Å². The summed E-state index contributed by atoms with van der Waals surface area (Å²) in [7, 11) is 0. The summed E-state index contributed by atoms with van der Waals surface area (Å²) in [5.41, 5.74) is 2.43. The number of halogens is 1. The maximum absolute atomic E-state index is 12.2. The van der Waals surface area contributed by atoms with Crippen LogP contribution < -0.4 is 4.90 Å². The molecular formula is C16H17BrN2O2. The second-order valence-corrected chi connectivity index (χ2v) is 6.04. The van der Waals surface area contributed by atoms with E-state index in [4.69, 9.17) is 4.42 Å². The Morgan fingerprint density at radius 2 is 1.95 bits per heavy atom. The first-order valence-corrected chi connectivity index (χ1v) is 7.78. The van der Waals surface area contributed by atoms with E-state index in [2.05, 4.69) is 46.0 Å². The molecule has 110 valence electrons. The zero-order chi connectivity index (χ0) is 14.8. The largest absolute Gasteiger partial charge is 0.459 e. The molecule has 1 aliphatic heterocycles. The van der Waals surface area contributed by atoms with Gasteiger partial charge in [0.05, 0.1) is 6.26 Å². The number of piperazine rings is 1. The van der Waals surface area contributed by atoms with Gasteiger partial charge in [0.15, 0.2) is 5.76 Å². The van der Waals surface area contributed by atoms with Crippen LogP contribution >= 0.6 is 15.9 Å². The molecule has 1 saturated heterocycles. The quantitative estimate of drug-likeness (QED) is 0.835. The number of furan rings is 1. The Morgan fingerprint density at radius 1 is 1.19 bits per heavy atom. The molecule has 5 heteroatoms. The second-order valence-electron chi connectivity index (χ2n) is 5.19. The number of nitrogens with zero attached hydrogens (tertiary/aromatic N) is 2. The summed E-state index contributed by atoms with van der Waals surface area (Å²) in [6.45, 7) is 5.20. The normalized spacial score (nSPS) is 15.3. The van der Waals surface area contributed by atoms with E-state index in [0.717, 1.165) is 17.6 Å². The monoisotopic (exact) mass is 348 g/mol. The summed E-state index contributed by atoms with van der Waals surface area (Å²) in [5.74, 6) is 0.398. The van der Waals surface area contributed by atoms with E-state index in [-0.39, 0.29) is 5.91 Å². The highest BCUT2D eigenvalue weighted by Gasteiger charge is 2.23. The molecule has 0 saturated carbocycles. The Labute approximate surface area is 132 Å². The van der Waals surface area contributed by atoms with Gasteiger partial charge in [-0.15, -0.1) is 0 Å². The standard InChI is InChI=1S/C16H17BrN2O2/c1-12-11-13(4-5-14(12)17)18-6-8-19(9-7-18)16(20)15-3-2-10-21-15/h2-5,10-11H,6-9H2,1H3. The van der Waals surface area contributed by atoms with Crippen LogP contribution in [-0.2, 0) is 0 Å². The van der Waals surface area contributed by atoms with Gasteiger partial charge >= 0.3 is 0 Å². The number of carbonyl (C=O) groups excluding carboxylic acids is 1. The highest BCUT2D eigenvalue weighted by atomic mass is 79.9. The molecule has 1 fully saturated rings. The zero-order valence-corrected chi connectivity index (χ0v) is 13.5. The van der Waals surface area contributed by atoms with E-state index in [0.29, 0.717) is 18.8 Å². The zero-order valence-electron chi connectivity index (χ0n) is 11.9. The molecule has 4 nitrogen and oxygen atoms in total. The minimum absolute atomic E-state index is 0.0216. The van der Waals surface area contributed by atoms with Gasteiger partial charge in [0, 0.05) is 36.3 Å². The third-order valence-corrected chi connectivity index (χ3v) is 4.70. The first-order valence-electron chi connectivity index (χ1n) is 6.99. The molecule has 2 aromatic rings. The van der Waals surface area contributed by atoms with Crippen molar-refractivity contribution < 1.29 is 9.21 Å². The second kappa shape index (κ2) is 5.93. The number of rotatable bonds is 2. The molecule has 21 heavy (non-hydrogen) atoms. The lowest BCUT2D eigenvalue weighted by Gasteiger charge is -2.36. The first-order chi connectivity index (χ1) is 10.1. The lowest BCUT2D eigenvalue weighted by Crippen LogP contribution is -2.48. The summed E-state index contributed by atoms with van der Waals surface area (Å²) < 4.78 is 6.30. The molecule has 0 atom stereocenters. The topological polar surface area (TPSA) is 36.7 Å². The molecule has 0 bridgehead atoms. The number of carbonyl (C=O) groups is 1. The van der Waals surface area contributed by atoms with E-state index in [9.17, 15) is 4.79 Å². The average Bonchev–Trinajstić information content (AvgIpc) is 3.04. The van der Waals surface area contributed by atoms with Gasteiger partial charge in [-0.25, -0.2) is 0 Å². The summed E-state index contributed by atoms with van der Waals surface area (Å²) in [5, 5.41) is 0. The Bertz CT molecular complexity index is 632. The van der Waals surface area contributed by atoms with Crippen LogP contribution in [0.15, 0.2) is 45.5 Å². The fourth-order valence-electron chi connectivity index (χ4n) is 2.55. The molecule has 3 rings (SSSR count). The molecule has 1 aromatic carbocycles. The number of hydrogen-bond donors (Lipinski definition) is 0. The van der Waals surface area contributed by atoms with Crippen LogP contribution in [0.5, 0.6) is 0 Å². The number of anilines is 1. The van der Waals surface area contributed by atoms with Gasteiger partial charge in [-0.05, 0) is 42.8 Å². The molecule has 0 N–H and O–H groups in total. The Kier molecular flexibility index (Phi) is 4.01. The summed E-state index contributed by atoms with van der Waals surface area (Å²) in [6, 6.07) is 9.82. The maximum atomic E-state index is 12.2. The van der Waals surface area contributed by atoms with Crippen LogP contribution in [0, 0.1) is 6.92 Å². The fourth-order valence-corrected chi connectivity index (χ4v) is 2.80. The van der Waals surface area contributed by atoms with Crippen molar-refractivity contribution >= 4 is 27.5 Å². The van der Waals surface area contributed by atoms with Gasteiger partial charge in [0.1, 0.15) is 0 Å². The van der Waals surface area contributed by atoms with Crippen molar-refractivity contribution in [2.75, 3.05) is 31.1 Å². The number of hydrogen-bond acceptors (Lipinski definition) is 3. The van der Waals surface area contributed by atoms with E-state index in [1.54, 1.807) is 12.1 Å². The van der Waals surface area contributed by atoms with E-state index < -0.39 is 0 Å². The first kappa shape index (κ1) is 14.2. The van der Waals surface area contributed by atoms with Crippen molar-refractivity contribution in [2.24, 2.45) is 0 Å². The van der Waals surface area contributed by atoms with Crippen LogP contribution in [0.25, 0.3) is 0 Å². The number of amides is 1. The van der Waals surface area contributed by atoms with Crippen LogP contribution in [0.3, 0.4) is 0 Å². The molecule has 0 aliphatic carbocycles. The van der Waals surface area contributed by atoms with Gasteiger partial charge in [-0.2, -0.15) is 0 Å². The Hall–Kier alpha value is -1.75. The predicted octanol–water partition coefficient (Wildman–Crippen LogP) is 3.31. The number of benzene rings is 1. The third-order valence-electron chi connectivity index (χ3n) is 3.81. The minimum atomic E-state index is -0.0216. The molecule has 1 aromatic heterocycles. The summed E-state index contributed by atoms with van der Waals surface area (Å²) >= 11 is 3.52. The van der Waals surface area contributed by atoms with Crippen molar-refractivity contribution in [1.82, 2.24) is 4.90 Å². The van der Waals surface area contributed by atoms with Crippen LogP contribution in [0.2, 0.25) is 0 Å². The van der Waals surface area contributed by atoms with Gasteiger partial charge in [0.2, 0.25) is 0 Å². The molecule has 1 amide bonds. The molecule has 0 spiro atoms. The minimum Gasteiger partial charge on any atom is -0.459 e. The third kappa shape index (κ3) is 2.97. The molecule has 0 unspecified atom stereocenters. The van der Waals surface area contributed by atoms with Crippen LogP contribution in [-0.4, -0.2) is 37.0 Å². The molecule has 2 heterocycles. The van der Waals surface area contributed by atoms with E-state index in [1.165, 1.54) is 17.5 Å². The van der Waals surface area contributed by atoms with E-state index >= 15 is 0 Å². The van der Waals surface area contributed by atoms with Gasteiger partial charge < -0.3 is 14.2 Å². The summed E-state index contributed by atoms with van der Waals surface area (Å²) in [4.78, 5) is 16.4. The fraction of sp³-hybridized carbons (Fsp3) is 0.312. The van der Waals surface area contributed by atoms with Gasteiger partial charge in [-0.1, -0.05) is 15.9 Å². The van der Waals surface area contributed by atoms with Crippen LogP contribution in [0.4, 0.5) is 5.69 Å². The van der Waals surface area contributed by atoms with Gasteiger partial charge in [-0.3, -0.25) is 4.79 Å². The lowest BCUT2D eigenvalue weighted by molar-refractivity contribution is 0.0714. The smallest absolute Gasteiger partial charge is 0.289 e. The summed E-state index contributed by atoms with van der Waals surface area (Å²) in [6.07, 6.45) is 1.54. The van der Waals surface area contributed by atoms with Crippen LogP contribution in [0.1, 0.15) is 16.1 Å². The highest BCUT2D eigenvalue weighted by Crippen LogP contribution is 2.24. The average molecular weight is 349 g/mol. The molecule has 0 radical (unpaired) electrons. The molecular weight excluding hydrogens is 332 g/mol. The van der Waals surface area contributed by atoms with Crippen molar-refractivity contribution in [3.63, 3.8) is 0 Å². The lowest BCUT2D eigenvalue weighted by atomic mass is 10.2. The van der Waals surface area contributed by atoms with E-state index in [1.807, 2.05) is 4.90 Å². The van der Waals surface area contributed by atoms with Crippen molar-refractivity contribution in [3.8, 4) is 0 Å². The predicted molar refractivity (Wildman–Crippen MR) is 85.7 cm³/mol. The maximum Gasteiger partial charge on any atom is 0.289 e.